The van der Waals surface area contributed by atoms with E-state index in [1.54, 1.807) is 18.2 Å². The van der Waals surface area contributed by atoms with Crippen LogP contribution in [0.25, 0.3) is 11.3 Å². The number of amides is 1. The largest absolute Gasteiger partial charge is 0.460 e. The van der Waals surface area contributed by atoms with Gasteiger partial charge in [0.05, 0.1) is 29.1 Å². The fraction of sp³-hybridized carbons (Fsp3) is 0.185. The summed E-state index contributed by atoms with van der Waals surface area (Å²) in [5, 5.41) is 15.2. The van der Waals surface area contributed by atoms with Gasteiger partial charge in [-0.3, -0.25) is 4.79 Å². The van der Waals surface area contributed by atoms with Gasteiger partial charge in [-0.25, -0.2) is 4.79 Å². The van der Waals surface area contributed by atoms with Gasteiger partial charge in [0.2, 0.25) is 0 Å². The summed E-state index contributed by atoms with van der Waals surface area (Å²) < 4.78 is 4.99. The number of nitrogens with zero attached hydrogens (tertiary/aromatic N) is 1. The molecule has 0 bridgehead atoms. The molecule has 3 N–H and O–H groups in total. The number of esters is 1. The van der Waals surface area contributed by atoms with Gasteiger partial charge in [-0.2, -0.15) is 0 Å². The molecule has 0 atom stereocenters. The van der Waals surface area contributed by atoms with E-state index in [4.69, 9.17) is 9.84 Å². The van der Waals surface area contributed by atoms with E-state index < -0.39 is 5.97 Å². The van der Waals surface area contributed by atoms with Gasteiger partial charge in [0.1, 0.15) is 6.61 Å². The number of fused-ring (bicyclic) bond motifs is 1. The van der Waals surface area contributed by atoms with Crippen LogP contribution >= 0.6 is 0 Å². The van der Waals surface area contributed by atoms with Crippen LogP contribution < -0.4 is 10.6 Å². The van der Waals surface area contributed by atoms with Gasteiger partial charge in [-0.05, 0) is 49.5 Å². The van der Waals surface area contributed by atoms with E-state index in [0.717, 1.165) is 17.8 Å². The molecule has 1 amide bonds. The maximum absolute atomic E-state index is 13.1. The fourth-order valence-electron chi connectivity index (χ4n) is 3.86. The van der Waals surface area contributed by atoms with Crippen molar-refractivity contribution < 1.29 is 19.4 Å². The Labute approximate surface area is 198 Å². The summed E-state index contributed by atoms with van der Waals surface area (Å²) in [6.07, 6.45) is 0. The molecule has 7 heteroatoms. The van der Waals surface area contributed by atoms with E-state index in [9.17, 15) is 9.59 Å². The Morgan fingerprint density at radius 2 is 1.74 bits per heavy atom. The molecule has 1 aliphatic rings. The lowest BCUT2D eigenvalue weighted by molar-refractivity contribution is -0.110. The minimum absolute atomic E-state index is 0.0805. The molecule has 0 aromatic heterocycles. The number of carbonyl (C=O) groups is 2. The number of carbonyl (C=O) groups excluding carboxylic acids is 2. The summed E-state index contributed by atoms with van der Waals surface area (Å²) in [6.45, 7) is 0.511. The molecule has 0 radical (unpaired) electrons. The Bertz CT molecular complexity index is 1220. The number of hydrogen-bond acceptors (Lipinski definition) is 6. The molecule has 4 rings (SSSR count). The molecule has 0 saturated heterocycles. The first kappa shape index (κ1) is 23.2. The zero-order chi connectivity index (χ0) is 24.1. The predicted octanol–water partition coefficient (Wildman–Crippen LogP) is 3.83. The van der Waals surface area contributed by atoms with Crippen LogP contribution in [-0.4, -0.2) is 49.2 Å². The van der Waals surface area contributed by atoms with Crippen molar-refractivity contribution in [2.24, 2.45) is 0 Å². The van der Waals surface area contributed by atoms with Crippen LogP contribution in [0, 0.1) is 0 Å². The van der Waals surface area contributed by atoms with Gasteiger partial charge in [-0.1, -0.05) is 48.5 Å². The third-order valence-electron chi connectivity index (χ3n) is 5.36. The second-order valence-corrected chi connectivity index (χ2v) is 8.25. The lowest BCUT2D eigenvalue weighted by atomic mass is 9.99. The Balaban J connectivity index is 1.73. The normalized spacial score (nSPS) is 13.9. The Hall–Kier alpha value is -3.94. The van der Waals surface area contributed by atoms with Crippen LogP contribution in [0.5, 0.6) is 0 Å². The van der Waals surface area contributed by atoms with E-state index in [1.807, 2.05) is 56.6 Å². The summed E-state index contributed by atoms with van der Waals surface area (Å²) in [5.74, 6) is -0.811. The Morgan fingerprint density at radius 1 is 1.00 bits per heavy atom. The van der Waals surface area contributed by atoms with Gasteiger partial charge in [-0.15, -0.1) is 0 Å². The number of hydrogen-bond donors (Lipinski definition) is 3. The number of aliphatic hydroxyl groups excluding tert-OH is 1. The number of ether oxygens (including phenoxy) is 1. The second kappa shape index (κ2) is 10.3. The Morgan fingerprint density at radius 3 is 2.41 bits per heavy atom. The SMILES string of the molecule is CN(C)Cc1ccc(NC(=C2C(=O)Nc3cc(C(=O)OCCO)ccc32)c2ccccc2)cc1. The summed E-state index contributed by atoms with van der Waals surface area (Å²) in [6, 6.07) is 22.7. The highest BCUT2D eigenvalue weighted by Crippen LogP contribution is 2.38. The van der Waals surface area contributed by atoms with Gasteiger partial charge in [0.25, 0.3) is 5.91 Å². The molecule has 0 unspecified atom stereocenters. The van der Waals surface area contributed by atoms with Gasteiger partial charge >= 0.3 is 5.97 Å². The highest BCUT2D eigenvalue weighted by molar-refractivity contribution is 6.37. The van der Waals surface area contributed by atoms with E-state index in [-0.39, 0.29) is 19.1 Å². The number of rotatable bonds is 8. The molecule has 0 fully saturated rings. The predicted molar refractivity (Wildman–Crippen MR) is 133 cm³/mol. The molecule has 174 valence electrons. The standard InChI is InChI=1S/C27H27N3O4/c1-30(2)17-18-8-11-21(12-9-18)28-25(19-6-4-3-5-7-19)24-22-13-10-20(27(33)34-15-14-31)16-23(22)29-26(24)32/h3-13,16,28,31H,14-15,17H2,1-2H3,(H,29,32). The average molecular weight is 458 g/mol. The first-order valence-corrected chi connectivity index (χ1v) is 11.0. The highest BCUT2D eigenvalue weighted by Gasteiger charge is 2.29. The monoisotopic (exact) mass is 457 g/mol. The van der Waals surface area contributed by atoms with Gasteiger partial charge in [0.15, 0.2) is 0 Å². The fourth-order valence-corrected chi connectivity index (χ4v) is 3.86. The Kier molecular flexibility index (Phi) is 7.06. The maximum Gasteiger partial charge on any atom is 0.338 e. The summed E-state index contributed by atoms with van der Waals surface area (Å²) >= 11 is 0. The topological polar surface area (TPSA) is 90.9 Å². The van der Waals surface area contributed by atoms with Gasteiger partial charge in [0, 0.05) is 17.8 Å². The molecule has 7 nitrogen and oxygen atoms in total. The summed E-state index contributed by atoms with van der Waals surface area (Å²) in [4.78, 5) is 27.4. The first-order chi connectivity index (χ1) is 16.5. The van der Waals surface area contributed by atoms with E-state index in [2.05, 4.69) is 27.7 Å². The van der Waals surface area contributed by atoms with Crippen molar-refractivity contribution in [2.45, 2.75) is 6.54 Å². The van der Waals surface area contributed by atoms with Crippen LogP contribution in [0.15, 0.2) is 72.8 Å². The highest BCUT2D eigenvalue weighted by atomic mass is 16.5. The summed E-state index contributed by atoms with van der Waals surface area (Å²) in [5.41, 5.74) is 5.62. The van der Waals surface area contributed by atoms with Crippen LogP contribution in [0.2, 0.25) is 0 Å². The molecule has 0 aliphatic carbocycles. The zero-order valence-electron chi connectivity index (χ0n) is 19.2. The summed E-state index contributed by atoms with van der Waals surface area (Å²) in [7, 11) is 4.05. The lowest BCUT2D eigenvalue weighted by Crippen LogP contribution is -2.11. The van der Waals surface area contributed by atoms with E-state index in [1.165, 1.54) is 5.56 Å². The smallest absolute Gasteiger partial charge is 0.338 e. The van der Waals surface area contributed by atoms with Gasteiger partial charge < -0.3 is 25.4 Å². The molecule has 0 spiro atoms. The maximum atomic E-state index is 13.1. The molecule has 34 heavy (non-hydrogen) atoms. The minimum Gasteiger partial charge on any atom is -0.460 e. The van der Waals surface area contributed by atoms with Crippen molar-refractivity contribution >= 4 is 34.5 Å². The van der Waals surface area contributed by atoms with E-state index in [0.29, 0.717) is 28.1 Å². The molecule has 1 heterocycles. The molecule has 3 aromatic carbocycles. The van der Waals surface area contributed by atoms with Crippen molar-refractivity contribution in [3.63, 3.8) is 0 Å². The molecule has 1 aliphatic heterocycles. The van der Waals surface area contributed by atoms with Crippen molar-refractivity contribution in [1.29, 1.82) is 0 Å². The van der Waals surface area contributed by atoms with Crippen molar-refractivity contribution in [3.8, 4) is 0 Å². The number of anilines is 2. The lowest BCUT2D eigenvalue weighted by Gasteiger charge is -2.16. The molecular formula is C27H27N3O4. The molecular weight excluding hydrogens is 430 g/mol. The third kappa shape index (κ3) is 5.17. The van der Waals surface area contributed by atoms with Crippen molar-refractivity contribution in [3.05, 3.63) is 95.1 Å². The molecule has 0 saturated carbocycles. The quantitative estimate of drug-likeness (QED) is 0.352. The minimum atomic E-state index is -0.553. The number of benzene rings is 3. The zero-order valence-corrected chi connectivity index (χ0v) is 19.2. The van der Waals surface area contributed by atoms with Crippen molar-refractivity contribution in [2.75, 3.05) is 37.9 Å². The number of aliphatic hydroxyl groups is 1. The van der Waals surface area contributed by atoms with Crippen LogP contribution in [0.3, 0.4) is 0 Å². The first-order valence-electron chi connectivity index (χ1n) is 11.0. The molecule has 3 aromatic rings. The van der Waals surface area contributed by atoms with Crippen LogP contribution in [0.4, 0.5) is 11.4 Å². The number of nitrogens with one attached hydrogen (secondary N) is 2. The van der Waals surface area contributed by atoms with E-state index >= 15 is 0 Å². The van der Waals surface area contributed by atoms with Crippen molar-refractivity contribution in [1.82, 2.24) is 4.90 Å². The third-order valence-corrected chi connectivity index (χ3v) is 5.36. The van der Waals surface area contributed by atoms with Crippen LogP contribution in [0.1, 0.15) is 27.0 Å². The second-order valence-electron chi connectivity index (χ2n) is 8.25. The average Bonchev–Trinajstić information content (AvgIpc) is 3.17. The van der Waals surface area contributed by atoms with Crippen LogP contribution in [-0.2, 0) is 16.1 Å².